The Morgan fingerprint density at radius 2 is 1.76 bits per heavy atom. The van der Waals surface area contributed by atoms with Gasteiger partial charge in [-0.15, -0.1) is 0 Å². The number of aliphatic imine (C=N–C) groups is 1. The summed E-state index contributed by atoms with van der Waals surface area (Å²) in [6, 6.07) is 4.53. The Morgan fingerprint density at radius 3 is 2.41 bits per heavy atom. The van der Waals surface area contributed by atoms with Gasteiger partial charge in [-0.2, -0.15) is 0 Å². The second kappa shape index (κ2) is 2.72. The molecule has 3 rings (SSSR count). The van der Waals surface area contributed by atoms with E-state index in [4.69, 9.17) is 4.99 Å². The predicted octanol–water partition coefficient (Wildman–Crippen LogP) is 3.71. The van der Waals surface area contributed by atoms with E-state index in [0.29, 0.717) is 0 Å². The largest absolute Gasteiger partial charge is 0.277 e. The number of aryl methyl sites for hydroxylation is 2. The van der Waals surface area contributed by atoms with Crippen LogP contribution in [0, 0.1) is 13.8 Å². The molecule has 0 radical (unpaired) electrons. The predicted molar refractivity (Wildman–Crippen MR) is 73.0 cm³/mol. The maximum atomic E-state index is 4.88. The van der Waals surface area contributed by atoms with Gasteiger partial charge in [0.2, 0.25) is 0 Å². The Balaban J connectivity index is 2.40. The highest BCUT2D eigenvalue weighted by Gasteiger charge is 2.69. The van der Waals surface area contributed by atoms with Crippen molar-refractivity contribution in [1.29, 1.82) is 0 Å². The van der Waals surface area contributed by atoms with Crippen molar-refractivity contribution in [2.24, 2.45) is 4.99 Å². The summed E-state index contributed by atoms with van der Waals surface area (Å²) in [4.78, 5) is 4.88. The molecule has 0 amide bonds. The number of fused-ring (bicyclic) bond motifs is 3. The summed E-state index contributed by atoms with van der Waals surface area (Å²) in [6.07, 6.45) is 0. The van der Waals surface area contributed by atoms with Crippen LogP contribution >= 0.6 is 0 Å². The lowest BCUT2D eigenvalue weighted by Gasteiger charge is -2.27. The fourth-order valence-electron chi connectivity index (χ4n) is 3.65. The van der Waals surface area contributed by atoms with Gasteiger partial charge in [0.25, 0.3) is 0 Å². The van der Waals surface area contributed by atoms with Gasteiger partial charge in [0, 0.05) is 11.1 Å². The first-order chi connectivity index (χ1) is 7.82. The molecule has 1 saturated carbocycles. The fraction of sp³-hybridized carbons (Fsp3) is 0.438. The van der Waals surface area contributed by atoms with Crippen LogP contribution in [0.5, 0.6) is 0 Å². The molecule has 2 aliphatic rings. The highest BCUT2D eigenvalue weighted by Crippen LogP contribution is 2.67. The second-order valence-corrected chi connectivity index (χ2v) is 5.88. The second-order valence-electron chi connectivity index (χ2n) is 5.88. The summed E-state index contributed by atoms with van der Waals surface area (Å²) in [5.74, 6) is 0. The first-order valence-corrected chi connectivity index (χ1v) is 6.21. The molecule has 2 unspecified atom stereocenters. The molecule has 1 aromatic rings. The summed E-state index contributed by atoms with van der Waals surface area (Å²) in [6.45, 7) is 15.2. The van der Waals surface area contributed by atoms with Crippen LogP contribution in [0.3, 0.4) is 0 Å². The Bertz CT molecular complexity index is 594. The minimum Gasteiger partial charge on any atom is -0.277 e. The third kappa shape index (κ3) is 0.987. The van der Waals surface area contributed by atoms with Crippen molar-refractivity contribution in [3.8, 4) is 0 Å². The van der Waals surface area contributed by atoms with Crippen molar-refractivity contribution < 1.29 is 0 Å². The fourth-order valence-corrected chi connectivity index (χ4v) is 3.65. The number of hydrogen-bond donors (Lipinski definition) is 0. The third-order valence-electron chi connectivity index (χ3n) is 4.86. The molecule has 17 heavy (non-hydrogen) atoms. The van der Waals surface area contributed by atoms with E-state index in [1.165, 1.54) is 27.8 Å². The van der Waals surface area contributed by atoms with E-state index in [1.54, 1.807) is 0 Å². The van der Waals surface area contributed by atoms with E-state index in [2.05, 4.69) is 53.3 Å². The molecular formula is C16H19N. The quantitative estimate of drug-likeness (QED) is 0.597. The van der Waals surface area contributed by atoms with E-state index in [0.717, 1.165) is 5.71 Å². The lowest BCUT2D eigenvalue weighted by molar-refractivity contribution is 0.599. The maximum absolute atomic E-state index is 4.88. The average Bonchev–Trinajstić information content (AvgIpc) is 2.64. The summed E-state index contributed by atoms with van der Waals surface area (Å²) in [7, 11) is 0. The highest BCUT2D eigenvalue weighted by atomic mass is 15.0. The zero-order valence-electron chi connectivity index (χ0n) is 11.3. The summed E-state index contributed by atoms with van der Waals surface area (Å²) < 4.78 is 0. The average molecular weight is 225 g/mol. The van der Waals surface area contributed by atoms with E-state index in [1.807, 2.05) is 0 Å². The summed E-state index contributed by atoms with van der Waals surface area (Å²) in [5.41, 5.74) is 7.87. The lowest BCUT2D eigenvalue weighted by atomic mass is 9.81. The van der Waals surface area contributed by atoms with Crippen molar-refractivity contribution in [3.05, 3.63) is 46.5 Å². The number of benzene rings is 1. The Morgan fingerprint density at radius 1 is 1.12 bits per heavy atom. The molecule has 0 saturated heterocycles. The number of nitrogens with zero attached hydrogens (tertiary/aromatic N) is 1. The van der Waals surface area contributed by atoms with Gasteiger partial charge in [-0.25, -0.2) is 0 Å². The topological polar surface area (TPSA) is 12.4 Å². The molecule has 0 spiro atoms. The monoisotopic (exact) mass is 225 g/mol. The lowest BCUT2D eigenvalue weighted by Crippen LogP contribution is -2.26. The smallest absolute Gasteiger partial charge is 0.0930 e. The SMILES string of the molecule is C=C1C2(C)N=C(C)c3cc(C)cc(C)c3C12C. The third-order valence-corrected chi connectivity index (χ3v) is 4.86. The Labute approximate surface area is 103 Å². The maximum Gasteiger partial charge on any atom is 0.0930 e. The van der Waals surface area contributed by atoms with Crippen LogP contribution in [0.25, 0.3) is 0 Å². The zero-order valence-corrected chi connectivity index (χ0v) is 11.3. The van der Waals surface area contributed by atoms with Crippen LogP contribution in [0.15, 0.2) is 29.3 Å². The van der Waals surface area contributed by atoms with Crippen molar-refractivity contribution in [1.82, 2.24) is 0 Å². The van der Waals surface area contributed by atoms with Gasteiger partial charge in [0.05, 0.1) is 5.54 Å². The van der Waals surface area contributed by atoms with Crippen molar-refractivity contribution in [2.75, 3.05) is 0 Å². The van der Waals surface area contributed by atoms with Crippen molar-refractivity contribution in [3.63, 3.8) is 0 Å². The van der Waals surface area contributed by atoms with Crippen molar-refractivity contribution >= 4 is 5.71 Å². The Hall–Kier alpha value is -1.37. The van der Waals surface area contributed by atoms with Crippen LogP contribution in [-0.4, -0.2) is 11.3 Å². The van der Waals surface area contributed by atoms with Crippen LogP contribution in [-0.2, 0) is 5.41 Å². The van der Waals surface area contributed by atoms with Crippen LogP contribution in [0.4, 0.5) is 0 Å². The molecule has 0 N–H and O–H groups in total. The standard InChI is InChI=1S/C16H19N/c1-9-7-10(2)14-13(8-9)11(3)17-16(6)12(4)15(14,16)5/h7-8H,4H2,1-3,5-6H3. The molecule has 1 nitrogen and oxygen atoms in total. The molecule has 1 fully saturated rings. The van der Waals surface area contributed by atoms with Gasteiger partial charge >= 0.3 is 0 Å². The van der Waals surface area contributed by atoms with Gasteiger partial charge in [-0.05, 0) is 62.9 Å². The minimum absolute atomic E-state index is 0.0552. The molecule has 1 aliphatic heterocycles. The van der Waals surface area contributed by atoms with Gasteiger partial charge in [0.1, 0.15) is 0 Å². The van der Waals surface area contributed by atoms with E-state index < -0.39 is 0 Å². The molecule has 88 valence electrons. The number of hydrogen-bond acceptors (Lipinski definition) is 1. The van der Waals surface area contributed by atoms with Gasteiger partial charge in [0.15, 0.2) is 0 Å². The molecular weight excluding hydrogens is 206 g/mol. The van der Waals surface area contributed by atoms with Gasteiger partial charge in [-0.1, -0.05) is 18.2 Å². The van der Waals surface area contributed by atoms with E-state index >= 15 is 0 Å². The normalized spacial score (nSPS) is 33.9. The first-order valence-electron chi connectivity index (χ1n) is 6.21. The summed E-state index contributed by atoms with van der Waals surface area (Å²) in [5, 5.41) is 0. The first kappa shape index (κ1) is 10.8. The zero-order chi connectivity index (χ0) is 12.6. The molecule has 2 atom stereocenters. The van der Waals surface area contributed by atoms with Crippen LogP contribution in [0.1, 0.15) is 43.0 Å². The highest BCUT2D eigenvalue weighted by molar-refractivity contribution is 6.04. The van der Waals surface area contributed by atoms with Crippen LogP contribution in [0.2, 0.25) is 0 Å². The molecule has 0 aromatic heterocycles. The van der Waals surface area contributed by atoms with Gasteiger partial charge < -0.3 is 0 Å². The summed E-state index contributed by atoms with van der Waals surface area (Å²) >= 11 is 0. The number of rotatable bonds is 0. The van der Waals surface area contributed by atoms with Crippen molar-refractivity contribution in [2.45, 2.75) is 45.6 Å². The minimum atomic E-state index is -0.0654. The van der Waals surface area contributed by atoms with Gasteiger partial charge in [-0.3, -0.25) is 4.99 Å². The molecule has 1 heterocycles. The molecule has 1 heteroatoms. The van der Waals surface area contributed by atoms with E-state index in [9.17, 15) is 0 Å². The molecule has 1 aliphatic carbocycles. The molecule has 1 aromatic carbocycles. The van der Waals surface area contributed by atoms with E-state index in [-0.39, 0.29) is 11.0 Å². The van der Waals surface area contributed by atoms with Crippen LogP contribution < -0.4 is 0 Å². The Kier molecular flexibility index (Phi) is 1.72. The molecule has 0 bridgehead atoms.